The zero-order valence-corrected chi connectivity index (χ0v) is 40.1. The molecule has 12 rings (SSSR count). The maximum Gasteiger partial charge on any atom is 0.198 e. The zero-order valence-electron chi connectivity index (χ0n) is 39.3. The minimum atomic E-state index is 0.0247. The van der Waals surface area contributed by atoms with Gasteiger partial charge in [-0.3, -0.25) is 0 Å². The number of rotatable bonds is 3. The smallest absolute Gasteiger partial charge is 0.198 e. The molecule has 7 aromatic carbocycles. The molecule has 64 heavy (non-hydrogen) atoms. The van der Waals surface area contributed by atoms with Gasteiger partial charge in [0, 0.05) is 69.9 Å². The summed E-state index contributed by atoms with van der Waals surface area (Å²) in [7, 11) is 0.849. The Morgan fingerprint density at radius 2 is 1.30 bits per heavy atom. The lowest BCUT2D eigenvalue weighted by molar-refractivity contribution is 0.332. The van der Waals surface area contributed by atoms with E-state index < -0.39 is 0 Å². The van der Waals surface area contributed by atoms with Crippen LogP contribution in [0.5, 0.6) is 0 Å². The van der Waals surface area contributed by atoms with E-state index in [1.54, 1.807) is 0 Å². The number of aryl methyl sites for hydroxylation is 1. The van der Waals surface area contributed by atoms with E-state index in [4.69, 9.17) is 4.42 Å². The molecule has 1 aliphatic heterocycles. The van der Waals surface area contributed by atoms with Crippen molar-refractivity contribution in [1.29, 1.82) is 0 Å². The van der Waals surface area contributed by atoms with Gasteiger partial charge in [0.05, 0.1) is 5.52 Å². The van der Waals surface area contributed by atoms with Crippen LogP contribution in [0.1, 0.15) is 110 Å². The van der Waals surface area contributed by atoms with Crippen LogP contribution in [0.3, 0.4) is 0 Å². The van der Waals surface area contributed by atoms with E-state index in [-0.39, 0.29) is 21.7 Å². The van der Waals surface area contributed by atoms with Crippen molar-refractivity contribution in [2.45, 2.75) is 111 Å². The van der Waals surface area contributed by atoms with Gasteiger partial charge < -0.3 is 14.3 Å². The normalized spacial score (nSPS) is 15.7. The number of thiophene rings is 1. The van der Waals surface area contributed by atoms with Crippen LogP contribution in [-0.2, 0) is 21.7 Å². The third-order valence-corrected chi connectivity index (χ3v) is 16.4. The molecular formula is C59H57BN2OS. The highest BCUT2D eigenvalue weighted by molar-refractivity contribution is 7.25. The number of hydrogen-bond donors (Lipinski definition) is 1. The predicted octanol–water partition coefficient (Wildman–Crippen LogP) is 15.4. The van der Waals surface area contributed by atoms with Gasteiger partial charge in [-0.05, 0) is 141 Å². The van der Waals surface area contributed by atoms with Gasteiger partial charge in [0.15, 0.2) is 7.28 Å². The molecule has 3 nitrogen and oxygen atoms in total. The molecule has 0 saturated carbocycles. The number of hydrogen-bond acceptors (Lipinski definition) is 3. The summed E-state index contributed by atoms with van der Waals surface area (Å²) in [6, 6.07) is 42.1. The second kappa shape index (κ2) is 13.2. The second-order valence-electron chi connectivity index (χ2n) is 22.6. The van der Waals surface area contributed by atoms with Crippen LogP contribution >= 0.6 is 11.3 Å². The molecule has 3 aromatic heterocycles. The molecule has 10 aromatic rings. The quantitative estimate of drug-likeness (QED) is 0.180. The molecule has 5 heteroatoms. The highest BCUT2D eigenvalue weighted by Gasteiger charge is 2.38. The Bertz CT molecular complexity index is 3630. The van der Waals surface area contributed by atoms with Crippen molar-refractivity contribution < 1.29 is 4.42 Å². The fourth-order valence-electron chi connectivity index (χ4n) is 11.4. The summed E-state index contributed by atoms with van der Waals surface area (Å²) in [4.78, 5) is 0. The molecule has 318 valence electrons. The van der Waals surface area contributed by atoms with Crippen molar-refractivity contribution >= 4 is 105 Å². The molecule has 1 aliphatic carbocycles. The molecule has 0 spiro atoms. The van der Waals surface area contributed by atoms with Gasteiger partial charge in [-0.2, -0.15) is 0 Å². The molecule has 4 heterocycles. The van der Waals surface area contributed by atoms with E-state index in [2.05, 4.69) is 195 Å². The summed E-state index contributed by atoms with van der Waals surface area (Å²) in [5, 5.41) is 11.6. The first-order chi connectivity index (χ1) is 30.3. The number of benzene rings is 7. The average Bonchev–Trinajstić information content (AvgIpc) is 3.91. The summed E-state index contributed by atoms with van der Waals surface area (Å²) in [5.41, 5.74) is 20.6. The van der Waals surface area contributed by atoms with Gasteiger partial charge in [0.2, 0.25) is 0 Å². The minimum Gasteiger partial charge on any atom is -0.456 e. The molecule has 0 radical (unpaired) electrons. The van der Waals surface area contributed by atoms with E-state index in [1.807, 2.05) is 11.3 Å². The summed E-state index contributed by atoms with van der Waals surface area (Å²) in [5.74, 6) is 0. The van der Waals surface area contributed by atoms with Crippen LogP contribution < -0.4 is 16.2 Å². The third-order valence-electron chi connectivity index (χ3n) is 15.3. The summed E-state index contributed by atoms with van der Waals surface area (Å²) < 4.78 is 11.9. The Labute approximate surface area is 381 Å². The first-order valence-corrected chi connectivity index (χ1v) is 24.1. The predicted molar refractivity (Wildman–Crippen MR) is 280 cm³/mol. The molecular weight excluding hydrogens is 796 g/mol. The van der Waals surface area contributed by atoms with Crippen molar-refractivity contribution in [3.05, 3.63) is 137 Å². The van der Waals surface area contributed by atoms with Gasteiger partial charge in [-0.1, -0.05) is 123 Å². The van der Waals surface area contributed by atoms with E-state index in [1.165, 1.54) is 110 Å². The SMILES string of the molecule is Cc1cc(-c2cc3sc4cc5c(cc4c3cc2Nc2ccc(C(C)(C)C)cc2)C(C)(C)CCC5(C)C)c2c3c1c1cc4oc5ccccc5c4cc1n3-c1ccc(C(C)(C)C)cc1B2. The molecule has 0 amide bonds. The van der Waals surface area contributed by atoms with Crippen LogP contribution in [0.25, 0.3) is 80.7 Å². The highest BCUT2D eigenvalue weighted by atomic mass is 32.1. The van der Waals surface area contributed by atoms with Crippen LogP contribution in [0.2, 0.25) is 0 Å². The highest BCUT2D eigenvalue weighted by Crippen LogP contribution is 2.51. The number of nitrogens with zero attached hydrogens (tertiary/aromatic N) is 1. The van der Waals surface area contributed by atoms with Crippen LogP contribution in [0.15, 0.2) is 114 Å². The maximum absolute atomic E-state index is 6.56. The van der Waals surface area contributed by atoms with Gasteiger partial charge >= 0.3 is 0 Å². The van der Waals surface area contributed by atoms with E-state index in [9.17, 15) is 0 Å². The molecule has 1 N–H and O–H groups in total. The number of nitrogens with one attached hydrogen (secondary N) is 1. The summed E-state index contributed by atoms with van der Waals surface area (Å²) >= 11 is 1.96. The molecule has 0 unspecified atom stereocenters. The van der Waals surface area contributed by atoms with Gasteiger partial charge in [-0.15, -0.1) is 11.3 Å². The van der Waals surface area contributed by atoms with Crippen molar-refractivity contribution in [2.75, 3.05) is 5.32 Å². The van der Waals surface area contributed by atoms with Crippen molar-refractivity contribution in [2.24, 2.45) is 0 Å². The van der Waals surface area contributed by atoms with Gasteiger partial charge in [0.25, 0.3) is 0 Å². The lowest BCUT2D eigenvalue weighted by atomic mass is 9.58. The Kier molecular flexibility index (Phi) is 8.18. The topological polar surface area (TPSA) is 30.1 Å². The molecule has 0 bridgehead atoms. The zero-order chi connectivity index (χ0) is 44.4. The number of fused-ring (bicyclic) bond motifs is 12. The Balaban J connectivity index is 1.16. The van der Waals surface area contributed by atoms with Crippen LogP contribution in [0.4, 0.5) is 11.4 Å². The third kappa shape index (κ3) is 5.85. The second-order valence-corrected chi connectivity index (χ2v) is 23.7. The van der Waals surface area contributed by atoms with E-state index in [0.29, 0.717) is 0 Å². The monoisotopic (exact) mass is 852 g/mol. The first-order valence-electron chi connectivity index (χ1n) is 23.3. The summed E-state index contributed by atoms with van der Waals surface area (Å²) in [6.07, 6.45) is 2.41. The number of anilines is 2. The van der Waals surface area contributed by atoms with E-state index >= 15 is 0 Å². The molecule has 2 aliphatic rings. The average molecular weight is 853 g/mol. The number of para-hydroxylation sites is 1. The van der Waals surface area contributed by atoms with Gasteiger partial charge in [-0.25, -0.2) is 0 Å². The lowest BCUT2D eigenvalue weighted by Gasteiger charge is -2.41. The molecule has 0 atom stereocenters. The molecule has 0 saturated heterocycles. The standard InChI is InChI=1S/C59H57BN2OS/c1-32-24-41(54-55-53(32)42-29-50-38(36-14-12-13-15-49(36)63-50)28-48(42)62(55)47-21-18-34(57(5,6)7)25-45(47)60-54)37-30-51-40(27-46(37)61-35-19-16-33(17-20-35)56(2,3)4)39-26-43-44(31-52(39)64-51)59(10,11)23-22-58(43,8)9/h12-21,24-31,60-61H,22-23H2,1-11H3. The largest absolute Gasteiger partial charge is 0.456 e. The van der Waals surface area contributed by atoms with Crippen molar-refractivity contribution in [1.82, 2.24) is 4.57 Å². The number of aromatic nitrogens is 1. The minimum absolute atomic E-state index is 0.0247. The molecule has 0 fully saturated rings. The summed E-state index contributed by atoms with van der Waals surface area (Å²) in [6.45, 7) is 25.9. The number of furan rings is 1. The Morgan fingerprint density at radius 1 is 0.625 bits per heavy atom. The van der Waals surface area contributed by atoms with Crippen LogP contribution in [0, 0.1) is 6.92 Å². The fourth-order valence-corrected chi connectivity index (χ4v) is 12.5. The van der Waals surface area contributed by atoms with Crippen molar-refractivity contribution in [3.8, 4) is 16.8 Å². The Hall–Kier alpha value is -5.78. The Morgan fingerprint density at radius 3 is 2.03 bits per heavy atom. The van der Waals surface area contributed by atoms with Gasteiger partial charge in [0.1, 0.15) is 11.2 Å². The van der Waals surface area contributed by atoms with E-state index in [0.717, 1.165) is 40.6 Å². The fraction of sp³-hybridized carbons (Fsp3) is 0.288. The first kappa shape index (κ1) is 39.8. The van der Waals surface area contributed by atoms with Crippen LogP contribution in [-0.4, -0.2) is 11.8 Å². The maximum atomic E-state index is 6.56. The lowest BCUT2D eigenvalue weighted by Crippen LogP contribution is -2.38. The van der Waals surface area contributed by atoms with Crippen molar-refractivity contribution in [3.63, 3.8) is 0 Å².